The number of aryl methyl sites for hydroxylation is 2. The molecule has 2 aromatic rings. The Balaban J connectivity index is 1.70. The van der Waals surface area contributed by atoms with Crippen molar-refractivity contribution in [1.82, 2.24) is 9.78 Å². The highest BCUT2D eigenvalue weighted by atomic mass is 19.4. The van der Waals surface area contributed by atoms with Crippen molar-refractivity contribution in [2.75, 3.05) is 5.32 Å². The summed E-state index contributed by atoms with van der Waals surface area (Å²) < 4.78 is 38.7. The van der Waals surface area contributed by atoms with Crippen LogP contribution in [-0.4, -0.2) is 15.7 Å². The molecule has 0 unspecified atom stereocenters. The molecule has 8 heteroatoms. The van der Waals surface area contributed by atoms with Crippen molar-refractivity contribution in [1.29, 1.82) is 0 Å². The van der Waals surface area contributed by atoms with Gasteiger partial charge >= 0.3 is 6.18 Å². The lowest BCUT2D eigenvalue weighted by molar-refractivity contribution is -0.137. The number of benzene rings is 1. The fraction of sp³-hybridized carbons (Fsp3) is 0.389. The standard InChI is InChI=1S/C18H18F3N3O2/c19-18(20,21)13-6-8-14(9-7-13)22-16(25)11-24-17(26)10-12-4-2-1-3-5-15(12)23-24/h6-10H,1-5,11H2,(H,22,25). The van der Waals surface area contributed by atoms with Crippen LogP contribution in [0.5, 0.6) is 0 Å². The first kappa shape index (κ1) is 18.2. The molecule has 1 aliphatic rings. The van der Waals surface area contributed by atoms with Crippen LogP contribution in [0.2, 0.25) is 0 Å². The average molecular weight is 365 g/mol. The van der Waals surface area contributed by atoms with Gasteiger partial charge in [-0.25, -0.2) is 4.68 Å². The van der Waals surface area contributed by atoms with Crippen molar-refractivity contribution in [3.8, 4) is 0 Å². The van der Waals surface area contributed by atoms with Crippen LogP contribution >= 0.6 is 0 Å². The number of fused-ring (bicyclic) bond motifs is 1. The van der Waals surface area contributed by atoms with Crippen LogP contribution in [0.4, 0.5) is 18.9 Å². The minimum atomic E-state index is -4.43. The highest BCUT2D eigenvalue weighted by molar-refractivity contribution is 5.90. The Bertz CT molecular complexity index is 857. The van der Waals surface area contributed by atoms with Crippen LogP contribution in [0.1, 0.15) is 36.1 Å². The zero-order valence-corrected chi connectivity index (χ0v) is 14.0. The summed E-state index contributed by atoms with van der Waals surface area (Å²) in [5.41, 5.74) is 0.856. The van der Waals surface area contributed by atoms with E-state index in [1.165, 1.54) is 18.2 Å². The summed E-state index contributed by atoms with van der Waals surface area (Å²) in [5.74, 6) is -0.520. The quantitative estimate of drug-likeness (QED) is 0.850. The van der Waals surface area contributed by atoms with E-state index in [4.69, 9.17) is 0 Å². The van der Waals surface area contributed by atoms with E-state index < -0.39 is 17.6 Å². The zero-order valence-electron chi connectivity index (χ0n) is 14.0. The van der Waals surface area contributed by atoms with E-state index in [1.807, 2.05) is 0 Å². The molecule has 5 nitrogen and oxygen atoms in total. The number of carbonyl (C=O) groups excluding carboxylic acids is 1. The van der Waals surface area contributed by atoms with Crippen molar-refractivity contribution in [3.63, 3.8) is 0 Å². The fourth-order valence-electron chi connectivity index (χ4n) is 2.97. The van der Waals surface area contributed by atoms with Gasteiger partial charge in [0.25, 0.3) is 5.56 Å². The average Bonchev–Trinajstić information content (AvgIpc) is 2.79. The van der Waals surface area contributed by atoms with Crippen LogP contribution in [-0.2, 0) is 30.4 Å². The van der Waals surface area contributed by atoms with Crippen molar-refractivity contribution in [3.05, 3.63) is 57.5 Å². The number of nitrogens with zero attached hydrogens (tertiary/aromatic N) is 2. The van der Waals surface area contributed by atoms with Gasteiger partial charge in [0, 0.05) is 11.8 Å². The smallest absolute Gasteiger partial charge is 0.324 e. The Labute approximate surface area is 147 Å². The molecule has 0 bridgehead atoms. The SMILES string of the molecule is O=C(Cn1nc2c(cc1=O)CCCCC2)Nc1ccc(C(F)(F)F)cc1. The molecule has 138 valence electrons. The van der Waals surface area contributed by atoms with Crippen LogP contribution in [0.15, 0.2) is 35.1 Å². The summed E-state index contributed by atoms with van der Waals surface area (Å²) >= 11 is 0. The van der Waals surface area contributed by atoms with E-state index >= 15 is 0 Å². The predicted octanol–water partition coefficient (Wildman–Crippen LogP) is 3.17. The van der Waals surface area contributed by atoms with Gasteiger partial charge in [-0.1, -0.05) is 6.42 Å². The first-order chi connectivity index (χ1) is 12.3. The van der Waals surface area contributed by atoms with Crippen LogP contribution < -0.4 is 10.9 Å². The van der Waals surface area contributed by atoms with Gasteiger partial charge in [-0.3, -0.25) is 9.59 Å². The Hall–Kier alpha value is -2.64. The third-order valence-corrected chi connectivity index (χ3v) is 4.31. The van der Waals surface area contributed by atoms with Gasteiger partial charge in [-0.2, -0.15) is 18.3 Å². The first-order valence-electron chi connectivity index (χ1n) is 8.40. The largest absolute Gasteiger partial charge is 0.416 e. The van der Waals surface area contributed by atoms with Crippen molar-refractivity contribution in [2.24, 2.45) is 0 Å². The highest BCUT2D eigenvalue weighted by Crippen LogP contribution is 2.29. The molecule has 1 amide bonds. The molecule has 0 atom stereocenters. The third-order valence-electron chi connectivity index (χ3n) is 4.31. The van der Waals surface area contributed by atoms with Gasteiger partial charge in [0.1, 0.15) is 6.54 Å². The molecule has 1 heterocycles. The molecule has 1 aliphatic carbocycles. The minimum Gasteiger partial charge on any atom is -0.324 e. The fourth-order valence-corrected chi connectivity index (χ4v) is 2.97. The van der Waals surface area contributed by atoms with Gasteiger partial charge in [0.15, 0.2) is 0 Å². The number of alkyl halides is 3. The number of halogens is 3. The monoisotopic (exact) mass is 365 g/mol. The van der Waals surface area contributed by atoms with E-state index in [0.717, 1.165) is 60.2 Å². The molecule has 3 rings (SSSR count). The lowest BCUT2D eigenvalue weighted by atomic mass is 10.1. The highest BCUT2D eigenvalue weighted by Gasteiger charge is 2.30. The Morgan fingerprint density at radius 2 is 1.81 bits per heavy atom. The lowest BCUT2D eigenvalue weighted by Crippen LogP contribution is -2.30. The topological polar surface area (TPSA) is 64.0 Å². The number of hydrogen-bond donors (Lipinski definition) is 1. The maximum atomic E-state index is 12.5. The number of amides is 1. The predicted molar refractivity (Wildman–Crippen MR) is 89.8 cm³/mol. The second kappa shape index (κ2) is 7.31. The molecule has 0 saturated carbocycles. The summed E-state index contributed by atoms with van der Waals surface area (Å²) in [6, 6.07) is 5.66. The number of aromatic nitrogens is 2. The van der Waals surface area contributed by atoms with Crippen LogP contribution in [0, 0.1) is 0 Å². The molecule has 1 N–H and O–H groups in total. The second-order valence-corrected chi connectivity index (χ2v) is 6.30. The first-order valence-corrected chi connectivity index (χ1v) is 8.40. The summed E-state index contributed by atoms with van der Waals surface area (Å²) in [7, 11) is 0. The van der Waals surface area contributed by atoms with Gasteiger partial charge in [-0.15, -0.1) is 0 Å². The molecule has 0 spiro atoms. The van der Waals surface area contributed by atoms with Gasteiger partial charge in [0.2, 0.25) is 5.91 Å². The molecule has 26 heavy (non-hydrogen) atoms. The second-order valence-electron chi connectivity index (χ2n) is 6.30. The third kappa shape index (κ3) is 4.30. The van der Waals surface area contributed by atoms with Crippen LogP contribution in [0.3, 0.4) is 0 Å². The Kier molecular flexibility index (Phi) is 5.11. The summed E-state index contributed by atoms with van der Waals surface area (Å²) in [6.07, 6.45) is 0.259. The summed E-state index contributed by atoms with van der Waals surface area (Å²) in [5, 5.41) is 6.78. The van der Waals surface area contributed by atoms with Gasteiger partial charge in [0.05, 0.1) is 11.3 Å². The zero-order chi connectivity index (χ0) is 18.7. The molecule has 0 saturated heterocycles. The number of rotatable bonds is 3. The van der Waals surface area contributed by atoms with Crippen molar-refractivity contribution >= 4 is 11.6 Å². The number of nitrogens with one attached hydrogen (secondary N) is 1. The number of hydrogen-bond acceptors (Lipinski definition) is 3. The molecular formula is C18H18F3N3O2. The maximum Gasteiger partial charge on any atom is 0.416 e. The molecule has 0 radical (unpaired) electrons. The normalized spacial score (nSPS) is 14.4. The van der Waals surface area contributed by atoms with E-state index in [-0.39, 0.29) is 17.8 Å². The van der Waals surface area contributed by atoms with Gasteiger partial charge in [-0.05, 0) is 55.5 Å². The van der Waals surface area contributed by atoms with Crippen molar-refractivity contribution in [2.45, 2.75) is 44.8 Å². The van der Waals surface area contributed by atoms with E-state index in [2.05, 4.69) is 10.4 Å². The van der Waals surface area contributed by atoms with Crippen LogP contribution in [0.25, 0.3) is 0 Å². The summed E-state index contributed by atoms with van der Waals surface area (Å²) in [6.45, 7) is -0.285. The summed E-state index contributed by atoms with van der Waals surface area (Å²) in [4.78, 5) is 24.3. The molecule has 0 aliphatic heterocycles. The van der Waals surface area contributed by atoms with E-state index in [9.17, 15) is 22.8 Å². The van der Waals surface area contributed by atoms with Gasteiger partial charge < -0.3 is 5.32 Å². The Morgan fingerprint density at radius 1 is 1.12 bits per heavy atom. The lowest BCUT2D eigenvalue weighted by Gasteiger charge is -2.11. The van der Waals surface area contributed by atoms with Crippen molar-refractivity contribution < 1.29 is 18.0 Å². The molecular weight excluding hydrogens is 347 g/mol. The molecule has 1 aromatic carbocycles. The number of carbonyl (C=O) groups is 1. The Morgan fingerprint density at radius 3 is 2.50 bits per heavy atom. The minimum absolute atomic E-state index is 0.228. The maximum absolute atomic E-state index is 12.5. The molecule has 0 fully saturated rings. The van der Waals surface area contributed by atoms with E-state index in [0.29, 0.717) is 0 Å². The molecule has 1 aromatic heterocycles. The van der Waals surface area contributed by atoms with E-state index in [1.54, 1.807) is 0 Å². The number of anilines is 1.